The van der Waals surface area contributed by atoms with Gasteiger partial charge in [0.05, 0.1) is 4.92 Å². The lowest BCUT2D eigenvalue weighted by molar-refractivity contribution is -0.384. The summed E-state index contributed by atoms with van der Waals surface area (Å²) in [7, 11) is 1.56. The van der Waals surface area contributed by atoms with E-state index < -0.39 is 16.7 Å². The molecule has 0 bridgehead atoms. The van der Waals surface area contributed by atoms with Crippen molar-refractivity contribution < 1.29 is 19.2 Å². The summed E-state index contributed by atoms with van der Waals surface area (Å²) >= 11 is 0. The maximum absolute atomic E-state index is 13.1. The van der Waals surface area contributed by atoms with Gasteiger partial charge in [-0.05, 0) is 12.5 Å². The van der Waals surface area contributed by atoms with Gasteiger partial charge in [-0.3, -0.25) is 14.9 Å². The minimum absolute atomic E-state index is 0.0343. The summed E-state index contributed by atoms with van der Waals surface area (Å²) < 4.78 is 13.1. The second-order valence-corrected chi connectivity index (χ2v) is 3.81. The quantitative estimate of drug-likeness (QED) is 0.622. The molecule has 0 aliphatic carbocycles. The number of anilines is 1. The molecule has 98 valence electrons. The van der Waals surface area contributed by atoms with Gasteiger partial charge in [-0.1, -0.05) is 0 Å². The molecule has 0 aromatic heterocycles. The summed E-state index contributed by atoms with van der Waals surface area (Å²) in [5.74, 6) is -1.50. The van der Waals surface area contributed by atoms with E-state index in [2.05, 4.69) is 0 Å². The molecule has 0 amide bonds. The van der Waals surface area contributed by atoms with E-state index in [1.54, 1.807) is 7.05 Å². The van der Waals surface area contributed by atoms with E-state index in [9.17, 15) is 19.3 Å². The molecule has 0 heterocycles. The normalized spacial score (nSPS) is 10.1. The zero-order valence-electron chi connectivity index (χ0n) is 9.80. The molecule has 0 spiro atoms. The second kappa shape index (κ2) is 5.95. The molecule has 0 atom stereocenters. The molecular weight excluding hydrogens is 243 g/mol. The Morgan fingerprint density at radius 2 is 2.22 bits per heavy atom. The number of benzene rings is 1. The van der Waals surface area contributed by atoms with Crippen LogP contribution in [0.25, 0.3) is 0 Å². The van der Waals surface area contributed by atoms with Gasteiger partial charge in [0, 0.05) is 32.1 Å². The van der Waals surface area contributed by atoms with Crippen molar-refractivity contribution in [2.45, 2.75) is 12.8 Å². The fourth-order valence-corrected chi connectivity index (χ4v) is 1.54. The van der Waals surface area contributed by atoms with E-state index in [1.165, 1.54) is 4.90 Å². The third-order valence-electron chi connectivity index (χ3n) is 2.43. The molecule has 1 aromatic carbocycles. The molecule has 0 radical (unpaired) electrons. The maximum atomic E-state index is 13.1. The molecule has 6 nitrogen and oxygen atoms in total. The first-order valence-electron chi connectivity index (χ1n) is 5.28. The molecule has 0 unspecified atom stereocenters. The summed E-state index contributed by atoms with van der Waals surface area (Å²) in [6, 6.07) is 3.18. The van der Waals surface area contributed by atoms with E-state index in [0.717, 1.165) is 18.2 Å². The monoisotopic (exact) mass is 256 g/mol. The summed E-state index contributed by atoms with van der Waals surface area (Å²) in [6.07, 6.45) is 0.299. The van der Waals surface area contributed by atoms with E-state index in [0.29, 0.717) is 13.0 Å². The Balaban J connectivity index is 2.83. The smallest absolute Gasteiger partial charge is 0.303 e. The Hall–Kier alpha value is -2.18. The summed E-state index contributed by atoms with van der Waals surface area (Å²) in [5.41, 5.74) is -0.0559. The highest BCUT2D eigenvalue weighted by Crippen LogP contribution is 2.28. The van der Waals surface area contributed by atoms with Gasteiger partial charge in [0.25, 0.3) is 5.69 Å². The van der Waals surface area contributed by atoms with Crippen molar-refractivity contribution in [1.82, 2.24) is 0 Å². The van der Waals surface area contributed by atoms with Crippen LogP contribution in [0, 0.1) is 15.9 Å². The maximum Gasteiger partial charge on any atom is 0.303 e. The summed E-state index contributed by atoms with van der Waals surface area (Å²) in [4.78, 5) is 22.0. The Labute approximate surface area is 103 Å². The van der Waals surface area contributed by atoms with Crippen molar-refractivity contribution in [3.8, 4) is 0 Å². The van der Waals surface area contributed by atoms with Crippen LogP contribution >= 0.6 is 0 Å². The second-order valence-electron chi connectivity index (χ2n) is 3.81. The van der Waals surface area contributed by atoms with Crippen molar-refractivity contribution in [2.24, 2.45) is 0 Å². The molecule has 18 heavy (non-hydrogen) atoms. The van der Waals surface area contributed by atoms with Crippen LogP contribution in [-0.2, 0) is 4.79 Å². The van der Waals surface area contributed by atoms with Gasteiger partial charge in [0.1, 0.15) is 11.5 Å². The Morgan fingerprint density at radius 1 is 1.56 bits per heavy atom. The number of nitro groups is 1. The lowest BCUT2D eigenvalue weighted by Crippen LogP contribution is -2.20. The molecule has 0 saturated carbocycles. The van der Waals surface area contributed by atoms with Crippen LogP contribution in [0.15, 0.2) is 18.2 Å². The molecule has 7 heteroatoms. The van der Waals surface area contributed by atoms with Gasteiger partial charge in [0.2, 0.25) is 0 Å². The summed E-state index contributed by atoms with van der Waals surface area (Å²) in [6.45, 7) is 0.302. The van der Waals surface area contributed by atoms with Crippen LogP contribution in [0.3, 0.4) is 0 Å². The van der Waals surface area contributed by atoms with Gasteiger partial charge in [-0.25, -0.2) is 4.39 Å². The Bertz CT molecular complexity index is 464. The largest absolute Gasteiger partial charge is 0.481 e. The minimum Gasteiger partial charge on any atom is -0.481 e. The first-order valence-corrected chi connectivity index (χ1v) is 5.28. The number of carbonyl (C=O) groups is 1. The predicted molar refractivity (Wildman–Crippen MR) is 63.2 cm³/mol. The van der Waals surface area contributed by atoms with Crippen LogP contribution in [0.5, 0.6) is 0 Å². The van der Waals surface area contributed by atoms with Crippen molar-refractivity contribution in [3.63, 3.8) is 0 Å². The molecule has 1 aromatic rings. The first kappa shape index (κ1) is 13.9. The zero-order chi connectivity index (χ0) is 13.7. The average molecular weight is 256 g/mol. The van der Waals surface area contributed by atoms with Crippen molar-refractivity contribution in [1.29, 1.82) is 0 Å². The van der Waals surface area contributed by atoms with Crippen LogP contribution < -0.4 is 4.90 Å². The fourth-order valence-electron chi connectivity index (χ4n) is 1.54. The number of carboxylic acid groups (broad SMARTS) is 1. The van der Waals surface area contributed by atoms with Crippen molar-refractivity contribution in [2.75, 3.05) is 18.5 Å². The first-order chi connectivity index (χ1) is 8.41. The zero-order valence-corrected chi connectivity index (χ0v) is 9.80. The molecule has 1 N–H and O–H groups in total. The fraction of sp³-hybridized carbons (Fsp3) is 0.364. The topological polar surface area (TPSA) is 83.7 Å². The number of aliphatic carboxylic acids is 1. The number of nitro benzene ring substituents is 1. The van der Waals surface area contributed by atoms with Gasteiger partial charge < -0.3 is 10.0 Å². The van der Waals surface area contributed by atoms with E-state index in [1.807, 2.05) is 0 Å². The average Bonchev–Trinajstić information content (AvgIpc) is 2.27. The predicted octanol–water partition coefficient (Wildman–Crippen LogP) is 2.03. The number of hydrogen-bond donors (Lipinski definition) is 1. The van der Waals surface area contributed by atoms with Gasteiger partial charge in [-0.2, -0.15) is 0 Å². The van der Waals surface area contributed by atoms with Crippen LogP contribution in [0.4, 0.5) is 15.8 Å². The Morgan fingerprint density at radius 3 is 2.78 bits per heavy atom. The highest BCUT2D eigenvalue weighted by molar-refractivity contribution is 5.67. The lowest BCUT2D eigenvalue weighted by Gasteiger charge is -2.18. The third-order valence-corrected chi connectivity index (χ3v) is 2.43. The number of carboxylic acids is 1. The highest BCUT2D eigenvalue weighted by atomic mass is 19.1. The number of halogens is 1. The standard InChI is InChI=1S/C11H13FN2O4/c1-13(6-2-3-11(15)16)10-7-8(12)4-5-9(10)14(17)18/h4-5,7H,2-3,6H2,1H3,(H,15,16). The van der Waals surface area contributed by atoms with Crippen LogP contribution in [0.2, 0.25) is 0 Å². The van der Waals surface area contributed by atoms with E-state index in [-0.39, 0.29) is 17.8 Å². The minimum atomic E-state index is -0.933. The molecule has 0 saturated heterocycles. The highest BCUT2D eigenvalue weighted by Gasteiger charge is 2.17. The molecule has 1 rings (SSSR count). The SMILES string of the molecule is CN(CCCC(=O)O)c1cc(F)ccc1[N+](=O)[O-]. The van der Waals surface area contributed by atoms with Crippen molar-refractivity contribution in [3.05, 3.63) is 34.1 Å². The van der Waals surface area contributed by atoms with E-state index in [4.69, 9.17) is 5.11 Å². The Kier molecular flexibility index (Phi) is 4.59. The molecule has 0 fully saturated rings. The van der Waals surface area contributed by atoms with Crippen molar-refractivity contribution >= 4 is 17.3 Å². The van der Waals surface area contributed by atoms with Crippen LogP contribution in [-0.4, -0.2) is 29.6 Å². The number of nitrogens with zero attached hydrogens (tertiary/aromatic N) is 2. The number of rotatable bonds is 6. The van der Waals surface area contributed by atoms with Gasteiger partial charge in [-0.15, -0.1) is 0 Å². The van der Waals surface area contributed by atoms with E-state index >= 15 is 0 Å². The van der Waals surface area contributed by atoms with Gasteiger partial charge in [0.15, 0.2) is 0 Å². The number of hydrogen-bond acceptors (Lipinski definition) is 4. The third kappa shape index (κ3) is 3.69. The molecule has 0 aliphatic heterocycles. The van der Waals surface area contributed by atoms with Gasteiger partial charge >= 0.3 is 5.97 Å². The molecular formula is C11H13FN2O4. The lowest BCUT2D eigenvalue weighted by atomic mass is 10.2. The van der Waals surface area contributed by atoms with Crippen LogP contribution in [0.1, 0.15) is 12.8 Å². The molecule has 0 aliphatic rings. The summed E-state index contributed by atoms with van der Waals surface area (Å²) in [5, 5.41) is 19.3.